The molecule has 1 amide bonds. The number of aryl methyl sites for hydroxylation is 1. The summed E-state index contributed by atoms with van der Waals surface area (Å²) in [5.41, 5.74) is 2.65. The highest BCUT2D eigenvalue weighted by Gasteiger charge is 2.16. The molecule has 3 aromatic heterocycles. The molecule has 0 fully saturated rings. The predicted molar refractivity (Wildman–Crippen MR) is 110 cm³/mol. The number of aromatic nitrogens is 4. The number of carbonyl (C=O) groups is 1. The largest absolute Gasteiger partial charge is 0.491 e. The number of thiazole rings is 1. The van der Waals surface area contributed by atoms with Gasteiger partial charge in [0, 0.05) is 30.3 Å². The molecule has 148 valence electrons. The molecule has 0 atom stereocenters. The molecule has 3 heterocycles. The molecule has 8 nitrogen and oxygen atoms in total. The van der Waals surface area contributed by atoms with E-state index in [2.05, 4.69) is 20.6 Å². The minimum Gasteiger partial charge on any atom is -0.491 e. The molecule has 0 bridgehead atoms. The van der Waals surface area contributed by atoms with Gasteiger partial charge in [-0.05, 0) is 38.1 Å². The Bertz CT molecular complexity index is 1130. The minimum absolute atomic E-state index is 0.122. The van der Waals surface area contributed by atoms with Gasteiger partial charge in [-0.25, -0.2) is 4.98 Å². The molecule has 0 spiro atoms. The van der Waals surface area contributed by atoms with Crippen molar-refractivity contribution >= 4 is 22.4 Å². The van der Waals surface area contributed by atoms with Gasteiger partial charge in [-0.3, -0.25) is 14.8 Å². The molecular formula is C20H19N5O3S. The third-order valence-electron chi connectivity index (χ3n) is 3.98. The third-order valence-corrected chi connectivity index (χ3v) is 4.74. The number of carbonyl (C=O) groups excluding carboxylic acids is 1. The summed E-state index contributed by atoms with van der Waals surface area (Å²) in [6, 6.07) is 9.27. The van der Waals surface area contributed by atoms with Gasteiger partial charge >= 0.3 is 0 Å². The molecule has 1 aromatic carbocycles. The summed E-state index contributed by atoms with van der Waals surface area (Å²) in [5, 5.41) is 13.0. The summed E-state index contributed by atoms with van der Waals surface area (Å²) < 4.78 is 12.5. The average molecular weight is 409 g/mol. The van der Waals surface area contributed by atoms with E-state index in [0.717, 1.165) is 22.6 Å². The first-order chi connectivity index (χ1) is 14.0. The van der Waals surface area contributed by atoms with Gasteiger partial charge in [0.1, 0.15) is 5.75 Å². The number of benzene rings is 1. The van der Waals surface area contributed by atoms with Gasteiger partial charge in [0.15, 0.2) is 16.6 Å². The molecule has 0 saturated heterocycles. The van der Waals surface area contributed by atoms with Crippen molar-refractivity contribution in [2.24, 2.45) is 7.05 Å². The molecule has 0 saturated carbocycles. The van der Waals surface area contributed by atoms with Crippen molar-refractivity contribution in [2.75, 3.05) is 5.32 Å². The molecular weight excluding hydrogens is 390 g/mol. The molecule has 4 aromatic rings. The highest BCUT2D eigenvalue weighted by Crippen LogP contribution is 2.27. The second kappa shape index (κ2) is 7.88. The van der Waals surface area contributed by atoms with E-state index in [1.54, 1.807) is 30.2 Å². The second-order valence-corrected chi connectivity index (χ2v) is 7.52. The van der Waals surface area contributed by atoms with Crippen molar-refractivity contribution in [2.45, 2.75) is 20.0 Å². The lowest BCUT2D eigenvalue weighted by molar-refractivity contribution is 0.101. The number of nitrogens with zero attached hydrogens (tertiary/aromatic N) is 4. The number of amides is 1. The second-order valence-electron chi connectivity index (χ2n) is 6.66. The smallest absolute Gasteiger partial charge is 0.279 e. The van der Waals surface area contributed by atoms with E-state index in [1.165, 1.54) is 11.3 Å². The van der Waals surface area contributed by atoms with Gasteiger partial charge in [0.05, 0.1) is 23.6 Å². The lowest BCUT2D eigenvalue weighted by atomic mass is 10.2. The van der Waals surface area contributed by atoms with Crippen LogP contribution in [-0.4, -0.2) is 31.9 Å². The van der Waals surface area contributed by atoms with Crippen LogP contribution < -0.4 is 10.1 Å². The van der Waals surface area contributed by atoms with Crippen LogP contribution >= 0.6 is 11.3 Å². The van der Waals surface area contributed by atoms with Crippen LogP contribution in [0.5, 0.6) is 5.75 Å². The zero-order valence-corrected chi connectivity index (χ0v) is 16.9. The zero-order chi connectivity index (χ0) is 20.4. The lowest BCUT2D eigenvalue weighted by Gasteiger charge is -2.09. The average Bonchev–Trinajstić information content (AvgIpc) is 3.42. The first-order valence-electron chi connectivity index (χ1n) is 8.97. The Balaban J connectivity index is 1.44. The van der Waals surface area contributed by atoms with Crippen molar-refractivity contribution in [3.8, 4) is 28.3 Å². The highest BCUT2D eigenvalue weighted by molar-refractivity contribution is 7.14. The number of anilines is 1. The van der Waals surface area contributed by atoms with E-state index in [4.69, 9.17) is 9.26 Å². The Labute approximate surface area is 171 Å². The minimum atomic E-state index is -0.384. The number of ether oxygens (including phenoxy) is 1. The molecule has 0 aliphatic heterocycles. The fourth-order valence-corrected chi connectivity index (χ4v) is 3.38. The molecule has 0 radical (unpaired) electrons. The maximum atomic E-state index is 12.5. The molecule has 0 unspecified atom stereocenters. The van der Waals surface area contributed by atoms with E-state index in [0.29, 0.717) is 10.9 Å². The maximum absolute atomic E-state index is 12.5. The van der Waals surface area contributed by atoms with Crippen molar-refractivity contribution in [3.05, 3.63) is 53.8 Å². The number of nitrogens with one attached hydrogen (secondary N) is 1. The first kappa shape index (κ1) is 18.9. The lowest BCUT2D eigenvalue weighted by Crippen LogP contribution is -2.11. The first-order valence-corrected chi connectivity index (χ1v) is 9.85. The summed E-state index contributed by atoms with van der Waals surface area (Å²) >= 11 is 1.34. The van der Waals surface area contributed by atoms with E-state index in [1.807, 2.05) is 43.5 Å². The molecule has 4 rings (SSSR count). The van der Waals surface area contributed by atoms with Gasteiger partial charge in [-0.15, -0.1) is 11.3 Å². The predicted octanol–water partition coefficient (Wildman–Crippen LogP) is 4.24. The molecule has 1 N–H and O–H groups in total. The Morgan fingerprint density at radius 2 is 2.03 bits per heavy atom. The summed E-state index contributed by atoms with van der Waals surface area (Å²) in [6.45, 7) is 3.97. The zero-order valence-electron chi connectivity index (χ0n) is 16.1. The SMILES string of the molecule is CC(C)Oc1ccc(-c2csc(NC(=O)c3cc(-c4cnn(C)c4)on3)n2)cc1. The topological polar surface area (TPSA) is 95.1 Å². The van der Waals surface area contributed by atoms with E-state index < -0.39 is 0 Å². The third kappa shape index (κ3) is 4.35. The van der Waals surface area contributed by atoms with Crippen LogP contribution in [0.4, 0.5) is 5.13 Å². The van der Waals surface area contributed by atoms with Gasteiger partial charge in [0.25, 0.3) is 5.91 Å². The summed E-state index contributed by atoms with van der Waals surface area (Å²) in [5.74, 6) is 0.903. The Morgan fingerprint density at radius 3 is 2.72 bits per heavy atom. The molecule has 9 heteroatoms. The van der Waals surface area contributed by atoms with Gasteiger partial charge < -0.3 is 9.26 Å². The van der Waals surface area contributed by atoms with Gasteiger partial charge in [0.2, 0.25) is 0 Å². The van der Waals surface area contributed by atoms with E-state index in [-0.39, 0.29) is 17.7 Å². The normalized spacial score (nSPS) is 11.0. The Morgan fingerprint density at radius 1 is 1.24 bits per heavy atom. The van der Waals surface area contributed by atoms with Gasteiger partial charge in [-0.2, -0.15) is 5.10 Å². The number of rotatable bonds is 6. The van der Waals surface area contributed by atoms with E-state index in [9.17, 15) is 4.79 Å². The van der Waals surface area contributed by atoms with Crippen LogP contribution in [0.1, 0.15) is 24.3 Å². The van der Waals surface area contributed by atoms with Gasteiger partial charge in [-0.1, -0.05) is 5.16 Å². The Kier molecular flexibility index (Phi) is 5.13. The van der Waals surface area contributed by atoms with Crippen molar-refractivity contribution in [1.29, 1.82) is 0 Å². The molecule has 29 heavy (non-hydrogen) atoms. The highest BCUT2D eigenvalue weighted by atomic mass is 32.1. The van der Waals surface area contributed by atoms with Crippen LogP contribution in [0.15, 0.2) is 52.6 Å². The summed E-state index contributed by atoms with van der Waals surface area (Å²) in [6.07, 6.45) is 3.55. The maximum Gasteiger partial charge on any atom is 0.279 e. The number of hydrogen-bond donors (Lipinski definition) is 1. The van der Waals surface area contributed by atoms with Crippen molar-refractivity contribution < 1.29 is 14.1 Å². The van der Waals surface area contributed by atoms with Crippen LogP contribution in [0.25, 0.3) is 22.6 Å². The quantitative estimate of drug-likeness (QED) is 0.512. The Hall–Kier alpha value is -3.46. The molecule has 0 aliphatic rings. The van der Waals surface area contributed by atoms with Crippen molar-refractivity contribution in [3.63, 3.8) is 0 Å². The summed E-state index contributed by atoms with van der Waals surface area (Å²) in [4.78, 5) is 16.9. The monoisotopic (exact) mass is 409 g/mol. The fraction of sp³-hybridized carbons (Fsp3) is 0.200. The fourth-order valence-electron chi connectivity index (χ4n) is 2.67. The van der Waals surface area contributed by atoms with Crippen molar-refractivity contribution in [1.82, 2.24) is 19.9 Å². The van der Waals surface area contributed by atoms with E-state index >= 15 is 0 Å². The summed E-state index contributed by atoms with van der Waals surface area (Å²) in [7, 11) is 1.80. The van der Waals surface area contributed by atoms with Crippen LogP contribution in [-0.2, 0) is 7.05 Å². The molecule has 0 aliphatic carbocycles. The standard InChI is InChI=1S/C20H19N5O3S/c1-12(2)27-15-6-4-13(5-7-15)17-11-29-20(22-17)23-19(26)16-8-18(28-24-16)14-9-21-25(3)10-14/h4-12H,1-3H3,(H,22,23,26). The van der Waals surface area contributed by atoms with Crippen LogP contribution in [0, 0.1) is 0 Å². The van der Waals surface area contributed by atoms with Crippen LogP contribution in [0.2, 0.25) is 0 Å². The number of hydrogen-bond acceptors (Lipinski definition) is 7. The van der Waals surface area contributed by atoms with Crippen LogP contribution in [0.3, 0.4) is 0 Å².